The average Bonchev–Trinajstić information content (AvgIpc) is 3.43. The number of ether oxygens (including phenoxy) is 3. The highest BCUT2D eigenvalue weighted by Crippen LogP contribution is 2.42. The number of pyridine rings is 2. The molecular weight excluding hydrogens is 551 g/mol. The lowest BCUT2D eigenvalue weighted by Gasteiger charge is -2.29. The van der Waals surface area contributed by atoms with Gasteiger partial charge >= 0.3 is 18.2 Å². The monoisotopic (exact) mass is 582 g/mol. The van der Waals surface area contributed by atoms with E-state index in [1.807, 2.05) is 0 Å². The van der Waals surface area contributed by atoms with Crippen LogP contribution < -0.4 is 25.6 Å². The van der Waals surface area contributed by atoms with Crippen molar-refractivity contribution in [3.63, 3.8) is 0 Å². The maximum absolute atomic E-state index is 16.4. The number of fused-ring (bicyclic) bond motifs is 2. The Morgan fingerprint density at radius 1 is 1.19 bits per heavy atom. The Morgan fingerprint density at radius 3 is 2.60 bits per heavy atom. The maximum atomic E-state index is 16.4. The molecule has 1 unspecified atom stereocenters. The summed E-state index contributed by atoms with van der Waals surface area (Å²) in [5.41, 5.74) is 5.52. The number of hydrogen-bond acceptors (Lipinski definition) is 8. The summed E-state index contributed by atoms with van der Waals surface area (Å²) in [6.45, 7) is 7.60. The lowest BCUT2D eigenvalue weighted by Crippen LogP contribution is -2.44. The smallest absolute Gasteiger partial charge is 0.412 e. The fraction of sp³-hybridized carbons (Fsp3) is 0.393. The molecule has 4 N–H and O–H groups in total. The number of carbonyl (C=O) groups is 3. The normalized spacial score (nSPS) is 16.5. The molecule has 1 atom stereocenters. The first-order valence-electron chi connectivity index (χ1n) is 13.3. The van der Waals surface area contributed by atoms with Crippen LogP contribution in [0, 0.1) is 12.7 Å². The largest absolute Gasteiger partial charge is 0.474 e. The highest BCUT2D eigenvalue weighted by molar-refractivity contribution is 6.05. The first-order valence-corrected chi connectivity index (χ1v) is 13.3. The Kier molecular flexibility index (Phi) is 7.49. The van der Waals surface area contributed by atoms with Crippen molar-refractivity contribution in [1.82, 2.24) is 9.97 Å². The second-order valence-electron chi connectivity index (χ2n) is 11.0. The predicted molar refractivity (Wildman–Crippen MR) is 152 cm³/mol. The highest BCUT2D eigenvalue weighted by atomic mass is 19.1. The van der Waals surface area contributed by atoms with Gasteiger partial charge in [-0.2, -0.15) is 0 Å². The zero-order valence-corrected chi connectivity index (χ0v) is 23.6. The number of carbonyl (C=O) groups excluding carboxylic acids is 2. The molecule has 42 heavy (non-hydrogen) atoms. The summed E-state index contributed by atoms with van der Waals surface area (Å²) in [5.74, 6) is -0.486. The van der Waals surface area contributed by atoms with Crippen molar-refractivity contribution >= 4 is 46.2 Å². The Bertz CT molecular complexity index is 1590. The predicted octanol–water partition coefficient (Wildman–Crippen LogP) is 4.64. The van der Waals surface area contributed by atoms with Crippen molar-refractivity contribution in [2.24, 2.45) is 5.73 Å². The Morgan fingerprint density at radius 2 is 1.95 bits per heavy atom. The van der Waals surface area contributed by atoms with Crippen LogP contribution in [-0.4, -0.2) is 71.3 Å². The van der Waals surface area contributed by atoms with E-state index in [1.54, 1.807) is 33.8 Å². The lowest BCUT2D eigenvalue weighted by molar-refractivity contribution is 0.0635. The number of urea groups is 1. The molecule has 0 radical (unpaired) electrons. The van der Waals surface area contributed by atoms with Gasteiger partial charge < -0.3 is 25.1 Å². The van der Waals surface area contributed by atoms with Crippen LogP contribution >= 0.6 is 0 Å². The van der Waals surface area contributed by atoms with Gasteiger partial charge in [0.25, 0.3) is 0 Å². The van der Waals surface area contributed by atoms with Crippen molar-refractivity contribution in [1.29, 1.82) is 0 Å². The summed E-state index contributed by atoms with van der Waals surface area (Å²) in [4.78, 5) is 48.2. The van der Waals surface area contributed by atoms with Gasteiger partial charge in [-0.15, -0.1) is 0 Å². The Labute approximate surface area is 240 Å². The van der Waals surface area contributed by atoms with Gasteiger partial charge in [-0.05, 0) is 57.2 Å². The van der Waals surface area contributed by atoms with Crippen molar-refractivity contribution in [2.75, 3.05) is 41.5 Å². The molecule has 222 valence electrons. The first kappa shape index (κ1) is 28.8. The molecule has 2 aliphatic rings. The third kappa shape index (κ3) is 5.44. The van der Waals surface area contributed by atoms with Gasteiger partial charge in [-0.3, -0.25) is 15.1 Å². The Balaban J connectivity index is 1.71. The standard InChI is InChI=1S/C28H31FN6O7/c1-14-18(11-32-24-23(14)34(27(38)39)6-8-41-24)17-9-15-10-20(35(25(30)36)16-5-7-40-13-16)31-12-19(15)22(21(17)29)33-26(37)42-28(2,3)4/h9-12,16H,5-8,13H2,1-4H3,(H2,30,36)(H,33,37)(H,38,39). The number of amides is 4. The molecule has 13 nitrogen and oxygen atoms in total. The molecule has 1 fully saturated rings. The van der Waals surface area contributed by atoms with E-state index in [-0.39, 0.29) is 65.4 Å². The number of carboxylic acid groups (broad SMARTS) is 1. The van der Waals surface area contributed by atoms with Gasteiger partial charge in [0.2, 0.25) is 5.88 Å². The fourth-order valence-electron chi connectivity index (χ4n) is 5.12. The van der Waals surface area contributed by atoms with Crippen LogP contribution in [0.15, 0.2) is 24.5 Å². The highest BCUT2D eigenvalue weighted by Gasteiger charge is 2.31. The lowest BCUT2D eigenvalue weighted by atomic mass is 9.96. The topological polar surface area (TPSA) is 169 Å². The molecule has 1 aromatic carbocycles. The molecule has 0 spiro atoms. The fourth-order valence-corrected chi connectivity index (χ4v) is 5.12. The van der Waals surface area contributed by atoms with Crippen LogP contribution in [0.3, 0.4) is 0 Å². The number of benzene rings is 1. The van der Waals surface area contributed by atoms with Crippen molar-refractivity contribution in [3.8, 4) is 17.0 Å². The van der Waals surface area contributed by atoms with Crippen LogP contribution in [0.1, 0.15) is 32.8 Å². The van der Waals surface area contributed by atoms with E-state index in [1.165, 1.54) is 23.4 Å². The maximum Gasteiger partial charge on any atom is 0.412 e. The van der Waals surface area contributed by atoms with E-state index in [4.69, 9.17) is 19.9 Å². The molecule has 4 amide bonds. The molecule has 3 aromatic rings. The molecule has 1 saturated heterocycles. The van der Waals surface area contributed by atoms with Gasteiger partial charge in [0.15, 0.2) is 5.82 Å². The van der Waals surface area contributed by atoms with Gasteiger partial charge in [-0.1, -0.05) is 0 Å². The number of nitrogens with one attached hydrogen (secondary N) is 1. The Hall–Kier alpha value is -4.72. The molecular formula is C28H31FN6O7. The summed E-state index contributed by atoms with van der Waals surface area (Å²) >= 11 is 0. The van der Waals surface area contributed by atoms with Crippen LogP contribution in [0.2, 0.25) is 0 Å². The number of aromatic nitrogens is 2. The van der Waals surface area contributed by atoms with E-state index in [2.05, 4.69) is 15.3 Å². The zero-order chi connectivity index (χ0) is 30.3. The minimum absolute atomic E-state index is 0.0178. The molecule has 0 aliphatic carbocycles. The zero-order valence-electron chi connectivity index (χ0n) is 23.6. The van der Waals surface area contributed by atoms with Gasteiger partial charge in [0, 0.05) is 35.5 Å². The number of rotatable bonds is 4. The minimum atomic E-state index is -1.20. The van der Waals surface area contributed by atoms with E-state index in [9.17, 15) is 19.5 Å². The van der Waals surface area contributed by atoms with E-state index < -0.39 is 29.6 Å². The molecule has 0 saturated carbocycles. The third-order valence-corrected chi connectivity index (χ3v) is 6.95. The number of hydrogen-bond donors (Lipinski definition) is 3. The summed E-state index contributed by atoms with van der Waals surface area (Å²) in [7, 11) is 0. The molecule has 2 aliphatic heterocycles. The van der Waals surface area contributed by atoms with Crippen LogP contribution in [0.4, 0.5) is 36.0 Å². The number of primary amides is 1. The van der Waals surface area contributed by atoms with Crippen molar-refractivity contribution in [2.45, 2.75) is 45.8 Å². The molecule has 4 heterocycles. The van der Waals surface area contributed by atoms with E-state index >= 15 is 4.39 Å². The van der Waals surface area contributed by atoms with Crippen molar-refractivity contribution in [3.05, 3.63) is 35.9 Å². The van der Waals surface area contributed by atoms with Gasteiger partial charge in [0.05, 0.1) is 24.9 Å². The quantitative estimate of drug-likeness (QED) is 0.396. The molecule has 2 aromatic heterocycles. The van der Waals surface area contributed by atoms with Gasteiger partial charge in [-0.25, -0.2) is 28.7 Å². The number of nitrogens with zero attached hydrogens (tertiary/aromatic N) is 4. The van der Waals surface area contributed by atoms with Gasteiger partial charge in [0.1, 0.15) is 23.7 Å². The SMILES string of the molecule is Cc1c(-c2cc3cc(N(C(N)=O)C4CCOC4)ncc3c(NC(=O)OC(C)(C)C)c2F)cnc2c1N(C(=O)O)CCO2. The third-order valence-electron chi connectivity index (χ3n) is 6.95. The van der Waals surface area contributed by atoms with Crippen molar-refractivity contribution < 1.29 is 38.1 Å². The number of nitrogens with two attached hydrogens (primary N) is 1. The first-order chi connectivity index (χ1) is 19.9. The number of halogens is 1. The van der Waals surface area contributed by atoms with E-state index in [0.29, 0.717) is 24.0 Å². The van der Waals surface area contributed by atoms with Crippen LogP contribution in [-0.2, 0) is 9.47 Å². The summed E-state index contributed by atoms with van der Waals surface area (Å²) in [5, 5.41) is 12.9. The molecule has 14 heteroatoms. The van der Waals surface area contributed by atoms with E-state index in [0.717, 1.165) is 4.90 Å². The second kappa shape index (κ2) is 10.9. The molecule has 5 rings (SSSR count). The summed E-state index contributed by atoms with van der Waals surface area (Å²) in [6, 6.07) is 2.03. The van der Waals surface area contributed by atoms with Crippen LogP contribution in [0.25, 0.3) is 21.9 Å². The second-order valence-corrected chi connectivity index (χ2v) is 11.0. The summed E-state index contributed by atoms with van der Waals surface area (Å²) < 4.78 is 32.7. The van der Waals surface area contributed by atoms with Crippen LogP contribution in [0.5, 0.6) is 5.88 Å². The summed E-state index contributed by atoms with van der Waals surface area (Å²) in [6.07, 6.45) is 1.19. The minimum Gasteiger partial charge on any atom is -0.474 e. The number of anilines is 3. The molecule has 0 bridgehead atoms. The average molecular weight is 583 g/mol.